The van der Waals surface area contributed by atoms with E-state index in [1.54, 1.807) is 24.3 Å². The van der Waals surface area contributed by atoms with E-state index in [-0.39, 0.29) is 19.1 Å². The molecule has 0 bridgehead atoms. The lowest BCUT2D eigenvalue weighted by molar-refractivity contribution is 0.0264. The SMILES string of the molecule is Nc1cccc(C(=O)NCC2(O)CCOC2)c1. The van der Waals surface area contributed by atoms with Crippen molar-refractivity contribution < 1.29 is 14.6 Å². The molecule has 0 saturated carbocycles. The number of ether oxygens (including phenoxy) is 1. The van der Waals surface area contributed by atoms with Gasteiger partial charge >= 0.3 is 0 Å². The minimum absolute atomic E-state index is 0.195. The van der Waals surface area contributed by atoms with Crippen LogP contribution in [0.25, 0.3) is 0 Å². The van der Waals surface area contributed by atoms with E-state index < -0.39 is 5.60 Å². The predicted molar refractivity (Wildman–Crippen MR) is 63.6 cm³/mol. The summed E-state index contributed by atoms with van der Waals surface area (Å²) in [5.41, 5.74) is 5.69. The van der Waals surface area contributed by atoms with E-state index in [0.717, 1.165) is 0 Å². The molecule has 1 amide bonds. The normalized spacial score (nSPS) is 23.6. The Bertz CT molecular complexity index is 414. The molecule has 5 nitrogen and oxygen atoms in total. The van der Waals surface area contributed by atoms with Gasteiger partial charge in [0.1, 0.15) is 5.60 Å². The lowest BCUT2D eigenvalue weighted by Crippen LogP contribution is -2.43. The number of amides is 1. The smallest absolute Gasteiger partial charge is 0.251 e. The number of anilines is 1. The van der Waals surface area contributed by atoms with Crippen LogP contribution in [0.2, 0.25) is 0 Å². The molecule has 1 saturated heterocycles. The molecule has 0 aliphatic carbocycles. The molecule has 4 N–H and O–H groups in total. The Hall–Kier alpha value is -1.59. The van der Waals surface area contributed by atoms with Gasteiger partial charge < -0.3 is 20.9 Å². The Morgan fingerprint density at radius 1 is 1.59 bits per heavy atom. The molecule has 1 aromatic rings. The molecule has 1 heterocycles. The molecule has 17 heavy (non-hydrogen) atoms. The molecule has 1 fully saturated rings. The maximum absolute atomic E-state index is 11.8. The summed E-state index contributed by atoms with van der Waals surface area (Å²) in [7, 11) is 0. The summed E-state index contributed by atoms with van der Waals surface area (Å²) in [5.74, 6) is -0.238. The van der Waals surface area contributed by atoms with E-state index >= 15 is 0 Å². The summed E-state index contributed by atoms with van der Waals surface area (Å²) in [6.45, 7) is 0.996. The first-order valence-corrected chi connectivity index (χ1v) is 5.53. The van der Waals surface area contributed by atoms with Gasteiger partial charge in [-0.15, -0.1) is 0 Å². The molecule has 1 aliphatic rings. The average Bonchev–Trinajstić information content (AvgIpc) is 2.74. The lowest BCUT2D eigenvalue weighted by atomic mass is 10.0. The summed E-state index contributed by atoms with van der Waals surface area (Å²) < 4.78 is 5.10. The monoisotopic (exact) mass is 236 g/mol. The maximum Gasteiger partial charge on any atom is 0.251 e. The van der Waals surface area contributed by atoms with Crippen LogP contribution in [0.3, 0.4) is 0 Å². The quantitative estimate of drug-likeness (QED) is 0.652. The second-order valence-electron chi connectivity index (χ2n) is 4.34. The van der Waals surface area contributed by atoms with Gasteiger partial charge in [0.15, 0.2) is 0 Å². The Labute approximate surface area is 99.6 Å². The van der Waals surface area contributed by atoms with Crippen molar-refractivity contribution in [3.05, 3.63) is 29.8 Å². The molecule has 1 aliphatic heterocycles. The Kier molecular flexibility index (Phi) is 3.31. The van der Waals surface area contributed by atoms with Crippen LogP contribution in [0.15, 0.2) is 24.3 Å². The highest BCUT2D eigenvalue weighted by Crippen LogP contribution is 2.17. The second kappa shape index (κ2) is 4.73. The van der Waals surface area contributed by atoms with Crippen molar-refractivity contribution in [1.29, 1.82) is 0 Å². The van der Waals surface area contributed by atoms with Gasteiger partial charge in [-0.3, -0.25) is 4.79 Å². The van der Waals surface area contributed by atoms with E-state index in [4.69, 9.17) is 10.5 Å². The van der Waals surface area contributed by atoms with Crippen LogP contribution in [-0.4, -0.2) is 36.4 Å². The third kappa shape index (κ3) is 2.95. The fourth-order valence-electron chi connectivity index (χ4n) is 1.76. The van der Waals surface area contributed by atoms with E-state index in [9.17, 15) is 9.90 Å². The first kappa shape index (κ1) is 11.9. The number of hydrogen-bond donors (Lipinski definition) is 3. The van der Waals surface area contributed by atoms with Crippen LogP contribution in [0.5, 0.6) is 0 Å². The van der Waals surface area contributed by atoms with Gasteiger partial charge in [-0.05, 0) is 18.2 Å². The second-order valence-corrected chi connectivity index (χ2v) is 4.34. The minimum Gasteiger partial charge on any atom is -0.399 e. The summed E-state index contributed by atoms with van der Waals surface area (Å²) in [6, 6.07) is 6.72. The number of aliphatic hydroxyl groups is 1. The summed E-state index contributed by atoms with van der Waals surface area (Å²) in [5, 5.41) is 12.7. The zero-order chi connectivity index (χ0) is 12.3. The highest BCUT2D eigenvalue weighted by atomic mass is 16.5. The molecule has 92 valence electrons. The first-order chi connectivity index (χ1) is 8.09. The molecule has 0 radical (unpaired) electrons. The largest absolute Gasteiger partial charge is 0.399 e. The van der Waals surface area contributed by atoms with Crippen molar-refractivity contribution in [2.45, 2.75) is 12.0 Å². The third-order valence-corrected chi connectivity index (χ3v) is 2.81. The number of nitrogens with one attached hydrogen (secondary N) is 1. The topological polar surface area (TPSA) is 84.6 Å². The van der Waals surface area contributed by atoms with Crippen LogP contribution in [0.1, 0.15) is 16.8 Å². The van der Waals surface area contributed by atoms with Crippen LogP contribution in [0.4, 0.5) is 5.69 Å². The van der Waals surface area contributed by atoms with Crippen LogP contribution < -0.4 is 11.1 Å². The van der Waals surface area contributed by atoms with E-state index in [1.165, 1.54) is 0 Å². The van der Waals surface area contributed by atoms with E-state index in [2.05, 4.69) is 5.32 Å². The summed E-state index contributed by atoms with van der Waals surface area (Å²) in [6.07, 6.45) is 0.546. The maximum atomic E-state index is 11.8. The minimum atomic E-state index is -0.935. The van der Waals surface area contributed by atoms with Crippen molar-refractivity contribution in [3.8, 4) is 0 Å². The molecular formula is C12H16N2O3. The molecule has 2 rings (SSSR count). The van der Waals surface area contributed by atoms with Gasteiger partial charge in [0.05, 0.1) is 6.61 Å². The number of benzene rings is 1. The highest BCUT2D eigenvalue weighted by molar-refractivity contribution is 5.95. The van der Waals surface area contributed by atoms with E-state index in [1.807, 2.05) is 0 Å². The van der Waals surface area contributed by atoms with E-state index in [0.29, 0.717) is 24.3 Å². The number of carbonyl (C=O) groups excluding carboxylic acids is 1. The van der Waals surface area contributed by atoms with Crippen molar-refractivity contribution in [3.63, 3.8) is 0 Å². The fourth-order valence-corrected chi connectivity index (χ4v) is 1.76. The molecule has 1 atom stereocenters. The standard InChI is InChI=1S/C12H16N2O3/c13-10-3-1-2-9(6-10)11(15)14-7-12(16)4-5-17-8-12/h1-3,6,16H,4-5,7-8,13H2,(H,14,15). The van der Waals surface area contributed by atoms with Gasteiger partial charge in [0, 0.05) is 30.8 Å². The fraction of sp³-hybridized carbons (Fsp3) is 0.417. The van der Waals surface area contributed by atoms with Crippen LogP contribution in [0, 0.1) is 0 Å². The van der Waals surface area contributed by atoms with Crippen molar-refractivity contribution in [2.24, 2.45) is 0 Å². The third-order valence-electron chi connectivity index (χ3n) is 2.81. The van der Waals surface area contributed by atoms with Crippen LogP contribution >= 0.6 is 0 Å². The molecule has 5 heteroatoms. The number of rotatable bonds is 3. The Balaban J connectivity index is 1.93. The zero-order valence-electron chi connectivity index (χ0n) is 9.48. The Morgan fingerprint density at radius 3 is 3.06 bits per heavy atom. The van der Waals surface area contributed by atoms with Crippen molar-refractivity contribution >= 4 is 11.6 Å². The van der Waals surface area contributed by atoms with Gasteiger partial charge in [-0.25, -0.2) is 0 Å². The lowest BCUT2D eigenvalue weighted by Gasteiger charge is -2.20. The zero-order valence-corrected chi connectivity index (χ0v) is 9.48. The van der Waals surface area contributed by atoms with Gasteiger partial charge in [-0.2, -0.15) is 0 Å². The number of nitrogen functional groups attached to an aromatic ring is 1. The van der Waals surface area contributed by atoms with Gasteiger partial charge in [0.2, 0.25) is 0 Å². The molecule has 0 aromatic heterocycles. The highest BCUT2D eigenvalue weighted by Gasteiger charge is 2.32. The Morgan fingerprint density at radius 2 is 2.41 bits per heavy atom. The van der Waals surface area contributed by atoms with Gasteiger partial charge in [0.25, 0.3) is 5.91 Å². The van der Waals surface area contributed by atoms with Gasteiger partial charge in [-0.1, -0.05) is 6.07 Å². The molecule has 0 spiro atoms. The number of hydrogen-bond acceptors (Lipinski definition) is 4. The predicted octanol–water partition coefficient (Wildman–Crippen LogP) is 0.150. The van der Waals surface area contributed by atoms with Crippen molar-refractivity contribution in [1.82, 2.24) is 5.32 Å². The summed E-state index contributed by atoms with van der Waals surface area (Å²) in [4.78, 5) is 11.8. The molecule has 1 unspecified atom stereocenters. The molecule has 1 aromatic carbocycles. The number of carbonyl (C=O) groups is 1. The first-order valence-electron chi connectivity index (χ1n) is 5.53. The number of nitrogens with two attached hydrogens (primary N) is 1. The molecular weight excluding hydrogens is 220 g/mol. The summed E-state index contributed by atoms with van der Waals surface area (Å²) >= 11 is 0. The van der Waals surface area contributed by atoms with Crippen molar-refractivity contribution in [2.75, 3.05) is 25.5 Å². The average molecular weight is 236 g/mol. The van der Waals surface area contributed by atoms with Crippen LogP contribution in [-0.2, 0) is 4.74 Å².